The fourth-order valence-corrected chi connectivity index (χ4v) is 4.62. The van der Waals surface area contributed by atoms with E-state index in [4.69, 9.17) is 4.98 Å². The fourth-order valence-electron chi connectivity index (χ4n) is 3.87. The number of nitrogens with zero attached hydrogens (tertiary/aromatic N) is 2. The molecule has 2 heterocycles. The van der Waals surface area contributed by atoms with E-state index >= 15 is 0 Å². The smallest absolute Gasteiger partial charge is 0.107 e. The molecule has 0 bridgehead atoms. The largest absolute Gasteiger partial charge is 0.311 e. The minimum absolute atomic E-state index is 0.844. The van der Waals surface area contributed by atoms with Crippen molar-refractivity contribution in [2.45, 2.75) is 64.6 Å². The predicted molar refractivity (Wildman–Crippen MR) is 84.9 cm³/mol. The third-order valence-electron chi connectivity index (χ3n) is 4.85. The van der Waals surface area contributed by atoms with E-state index in [0.29, 0.717) is 0 Å². The Balaban J connectivity index is 1.59. The van der Waals surface area contributed by atoms with Gasteiger partial charge < -0.3 is 5.32 Å². The molecule has 1 aliphatic heterocycles. The third kappa shape index (κ3) is 3.41. The molecule has 1 saturated carbocycles. The second-order valence-electron chi connectivity index (χ2n) is 6.24. The summed E-state index contributed by atoms with van der Waals surface area (Å²) in [5, 5.41) is 6.86. The minimum atomic E-state index is 0.844. The maximum atomic E-state index is 4.79. The molecule has 2 fully saturated rings. The van der Waals surface area contributed by atoms with Crippen LogP contribution >= 0.6 is 11.3 Å². The first-order valence-electron chi connectivity index (χ1n) is 8.25. The number of nitrogens with one attached hydrogen (secondary N) is 1. The molecule has 20 heavy (non-hydrogen) atoms. The lowest BCUT2D eigenvalue weighted by Gasteiger charge is -2.44. The summed E-state index contributed by atoms with van der Waals surface area (Å²) in [5.41, 5.74) is 1.29. The van der Waals surface area contributed by atoms with Gasteiger partial charge in [0.25, 0.3) is 0 Å². The number of fused-ring (bicyclic) bond motifs is 1. The van der Waals surface area contributed by atoms with Crippen molar-refractivity contribution in [3.8, 4) is 0 Å². The highest BCUT2D eigenvalue weighted by atomic mass is 32.1. The Kier molecular flexibility index (Phi) is 5.08. The number of piperidine rings is 1. The lowest BCUT2D eigenvalue weighted by molar-refractivity contribution is 0.0538. The van der Waals surface area contributed by atoms with E-state index in [1.165, 1.54) is 55.8 Å². The first-order chi connectivity index (χ1) is 9.86. The topological polar surface area (TPSA) is 28.2 Å². The lowest BCUT2D eigenvalue weighted by atomic mass is 9.78. The minimum Gasteiger partial charge on any atom is -0.311 e. The normalized spacial score (nSPS) is 27.4. The Morgan fingerprint density at radius 1 is 1.30 bits per heavy atom. The number of rotatable bonds is 5. The molecule has 3 rings (SSSR count). The maximum Gasteiger partial charge on any atom is 0.107 e. The monoisotopic (exact) mass is 293 g/mol. The first-order valence-corrected chi connectivity index (χ1v) is 9.13. The van der Waals surface area contributed by atoms with Gasteiger partial charge in [-0.15, -0.1) is 11.3 Å². The van der Waals surface area contributed by atoms with Crippen molar-refractivity contribution in [3.63, 3.8) is 0 Å². The highest BCUT2D eigenvalue weighted by Crippen LogP contribution is 2.35. The van der Waals surface area contributed by atoms with E-state index < -0.39 is 0 Å². The van der Waals surface area contributed by atoms with Crippen LogP contribution in [0.15, 0.2) is 5.38 Å². The molecule has 4 heteroatoms. The van der Waals surface area contributed by atoms with Crippen LogP contribution in [-0.4, -0.2) is 29.0 Å². The van der Waals surface area contributed by atoms with Crippen molar-refractivity contribution in [2.75, 3.05) is 13.1 Å². The highest BCUT2D eigenvalue weighted by molar-refractivity contribution is 7.09. The van der Waals surface area contributed by atoms with E-state index in [1.807, 2.05) is 11.3 Å². The molecule has 2 atom stereocenters. The van der Waals surface area contributed by atoms with Crippen molar-refractivity contribution in [2.24, 2.45) is 5.92 Å². The zero-order valence-electron chi connectivity index (χ0n) is 12.6. The van der Waals surface area contributed by atoms with E-state index in [2.05, 4.69) is 22.5 Å². The van der Waals surface area contributed by atoms with Gasteiger partial charge in [0, 0.05) is 24.5 Å². The Labute approximate surface area is 126 Å². The molecule has 0 amide bonds. The average Bonchev–Trinajstić information content (AvgIpc) is 2.93. The van der Waals surface area contributed by atoms with E-state index in [-0.39, 0.29) is 0 Å². The number of likely N-dealkylation sites (tertiary alicyclic amines) is 1. The summed E-state index contributed by atoms with van der Waals surface area (Å²) in [7, 11) is 0. The molecular formula is C16H27N3S. The van der Waals surface area contributed by atoms with Crippen LogP contribution in [0.1, 0.15) is 56.2 Å². The lowest BCUT2D eigenvalue weighted by Crippen LogP contribution is -2.46. The molecule has 1 saturated heterocycles. The van der Waals surface area contributed by atoms with Gasteiger partial charge >= 0.3 is 0 Å². The van der Waals surface area contributed by atoms with E-state index in [0.717, 1.165) is 31.6 Å². The van der Waals surface area contributed by atoms with Crippen molar-refractivity contribution in [3.05, 3.63) is 16.1 Å². The second-order valence-corrected chi connectivity index (χ2v) is 7.18. The standard InChI is InChI=1S/C16H27N3S/c1-2-17-10-16-18-14(12-20-16)11-19-9-5-7-13-6-3-4-8-15(13)19/h12-13,15,17H,2-11H2,1H3. The Morgan fingerprint density at radius 3 is 3.05 bits per heavy atom. The molecule has 2 aliphatic rings. The molecule has 2 unspecified atom stereocenters. The summed E-state index contributed by atoms with van der Waals surface area (Å²) in [5.74, 6) is 0.970. The molecule has 112 valence electrons. The number of thiazole rings is 1. The molecule has 0 spiro atoms. The third-order valence-corrected chi connectivity index (χ3v) is 5.75. The van der Waals surface area contributed by atoms with Crippen molar-refractivity contribution in [1.29, 1.82) is 0 Å². The summed E-state index contributed by atoms with van der Waals surface area (Å²) in [4.78, 5) is 7.52. The van der Waals surface area contributed by atoms with E-state index in [9.17, 15) is 0 Å². The van der Waals surface area contributed by atoms with Crippen LogP contribution in [0.25, 0.3) is 0 Å². The van der Waals surface area contributed by atoms with Crippen LogP contribution < -0.4 is 5.32 Å². The average molecular weight is 293 g/mol. The molecule has 1 aromatic rings. The predicted octanol–water partition coefficient (Wildman–Crippen LogP) is 3.41. The van der Waals surface area contributed by atoms with Gasteiger partial charge in [0.15, 0.2) is 0 Å². The van der Waals surface area contributed by atoms with Crippen molar-refractivity contribution in [1.82, 2.24) is 15.2 Å². The number of aromatic nitrogens is 1. The van der Waals surface area contributed by atoms with Crippen LogP contribution in [0.4, 0.5) is 0 Å². The van der Waals surface area contributed by atoms with Gasteiger partial charge in [0.05, 0.1) is 5.69 Å². The molecule has 0 aromatic carbocycles. The Bertz CT molecular complexity index is 416. The SMILES string of the molecule is CCNCc1nc(CN2CCCC3CCCCC32)cs1. The van der Waals surface area contributed by atoms with Crippen LogP contribution in [0.5, 0.6) is 0 Å². The van der Waals surface area contributed by atoms with Gasteiger partial charge in [-0.2, -0.15) is 0 Å². The highest BCUT2D eigenvalue weighted by Gasteiger charge is 2.33. The van der Waals surface area contributed by atoms with Gasteiger partial charge in [0.1, 0.15) is 5.01 Å². The first kappa shape index (κ1) is 14.5. The molecule has 0 radical (unpaired) electrons. The molecule has 3 nitrogen and oxygen atoms in total. The Hall–Kier alpha value is -0.450. The van der Waals surface area contributed by atoms with Crippen molar-refractivity contribution < 1.29 is 0 Å². The summed E-state index contributed by atoms with van der Waals surface area (Å²) < 4.78 is 0. The van der Waals surface area contributed by atoms with E-state index in [1.54, 1.807) is 0 Å². The fraction of sp³-hybridized carbons (Fsp3) is 0.812. The van der Waals surface area contributed by atoms with Crippen LogP contribution in [0, 0.1) is 5.92 Å². The zero-order valence-corrected chi connectivity index (χ0v) is 13.4. The molecular weight excluding hydrogens is 266 g/mol. The molecule has 1 aliphatic carbocycles. The molecule has 1 aromatic heterocycles. The van der Waals surface area contributed by atoms with Gasteiger partial charge in [-0.25, -0.2) is 4.98 Å². The summed E-state index contributed by atoms with van der Waals surface area (Å²) in [6.07, 6.45) is 8.61. The van der Waals surface area contributed by atoms with Gasteiger partial charge in [0.2, 0.25) is 0 Å². The van der Waals surface area contributed by atoms with Gasteiger partial charge in [-0.3, -0.25) is 4.90 Å². The van der Waals surface area contributed by atoms with Gasteiger partial charge in [-0.1, -0.05) is 19.8 Å². The number of hydrogen-bond acceptors (Lipinski definition) is 4. The summed E-state index contributed by atoms with van der Waals surface area (Å²) in [6.45, 7) is 6.44. The van der Waals surface area contributed by atoms with Crippen molar-refractivity contribution >= 4 is 11.3 Å². The second kappa shape index (κ2) is 7.01. The Morgan fingerprint density at radius 2 is 2.15 bits per heavy atom. The van der Waals surface area contributed by atoms with Crippen LogP contribution in [0.3, 0.4) is 0 Å². The molecule has 1 N–H and O–H groups in total. The quantitative estimate of drug-likeness (QED) is 0.902. The summed E-state index contributed by atoms with van der Waals surface area (Å²) >= 11 is 1.81. The van der Waals surface area contributed by atoms with Crippen LogP contribution in [-0.2, 0) is 13.1 Å². The number of hydrogen-bond donors (Lipinski definition) is 1. The zero-order chi connectivity index (χ0) is 13.8. The van der Waals surface area contributed by atoms with Gasteiger partial charge in [-0.05, 0) is 44.7 Å². The maximum absolute atomic E-state index is 4.79. The summed E-state index contributed by atoms with van der Waals surface area (Å²) in [6, 6.07) is 0.844. The van der Waals surface area contributed by atoms with Crippen LogP contribution in [0.2, 0.25) is 0 Å².